The second-order valence-corrected chi connectivity index (χ2v) is 12.4. The third kappa shape index (κ3) is 4.73. The molecular weight excluding hydrogens is 594 g/mol. The molecule has 0 fully saturated rings. The van der Waals surface area contributed by atoms with Gasteiger partial charge in [0.1, 0.15) is 11.7 Å². The van der Waals surface area contributed by atoms with E-state index in [1.807, 2.05) is 66.7 Å². The Hall–Kier alpha value is -5.83. The summed E-state index contributed by atoms with van der Waals surface area (Å²) in [7, 11) is 0. The summed E-state index contributed by atoms with van der Waals surface area (Å²) in [6, 6.07) is 38.8. The Labute approximate surface area is 277 Å². The topological polar surface area (TPSA) is 111 Å². The van der Waals surface area contributed by atoms with Gasteiger partial charge in [-0.2, -0.15) is 0 Å². The average Bonchev–Trinajstić information content (AvgIpc) is 3.77. The number of aliphatic imine (C=N–C) groups is 2. The van der Waals surface area contributed by atoms with Crippen molar-refractivity contribution < 1.29 is 0 Å². The number of hydrogen-bond donors (Lipinski definition) is 2. The maximum atomic E-state index is 5.42. The van der Waals surface area contributed by atoms with Crippen molar-refractivity contribution in [2.75, 3.05) is 26.2 Å². The first kappa shape index (κ1) is 28.4. The zero-order valence-electron chi connectivity index (χ0n) is 26.3. The molecule has 234 valence electrons. The highest BCUT2D eigenvalue weighted by Gasteiger charge is 2.42. The van der Waals surface area contributed by atoms with Gasteiger partial charge in [0.05, 0.1) is 32.8 Å². The second kappa shape index (κ2) is 11.5. The molecule has 2 N–H and O–H groups in total. The number of aromatic nitrogens is 1. The second-order valence-electron chi connectivity index (χ2n) is 12.4. The van der Waals surface area contributed by atoms with Gasteiger partial charge in [0, 0.05) is 48.4 Å². The molecule has 5 aromatic rings. The first-order valence-electron chi connectivity index (χ1n) is 16.6. The Morgan fingerprint density at radius 1 is 0.458 bits per heavy atom. The Morgan fingerprint density at radius 2 is 0.875 bits per heavy atom. The molecular formula is C39H33N9. The lowest BCUT2D eigenvalue weighted by molar-refractivity contribution is 0.515. The maximum absolute atomic E-state index is 5.42. The average molecular weight is 628 g/mol. The van der Waals surface area contributed by atoms with Crippen LogP contribution in [0.5, 0.6) is 0 Å². The largest absolute Gasteiger partial charge is 0.370 e. The van der Waals surface area contributed by atoms with E-state index in [0.29, 0.717) is 11.4 Å². The van der Waals surface area contributed by atoms with Crippen LogP contribution in [0.3, 0.4) is 0 Å². The SMILES string of the molecule is c1cc(C2=NCCCN2)cc(C2(c3cccc(C4(c5cccc(C6=NCCCN6)c5)N=c5ccccc5=N4)n3)N=c3ccccc3=N2)c1. The molecule has 0 saturated carbocycles. The first-order chi connectivity index (χ1) is 23.7. The van der Waals surface area contributed by atoms with Crippen LogP contribution >= 0.6 is 0 Å². The zero-order chi connectivity index (χ0) is 32.0. The fourth-order valence-electron chi connectivity index (χ4n) is 6.88. The molecule has 0 saturated heterocycles. The molecule has 1 aromatic heterocycles. The van der Waals surface area contributed by atoms with Crippen LogP contribution in [0.15, 0.2) is 145 Å². The Bertz CT molecular complexity index is 2160. The highest BCUT2D eigenvalue weighted by Crippen LogP contribution is 2.40. The summed E-state index contributed by atoms with van der Waals surface area (Å²) in [6.07, 6.45) is 2.05. The fourth-order valence-corrected chi connectivity index (χ4v) is 6.88. The summed E-state index contributed by atoms with van der Waals surface area (Å²) < 4.78 is 0. The predicted octanol–water partition coefficient (Wildman–Crippen LogP) is 2.87. The van der Waals surface area contributed by atoms with E-state index in [1.54, 1.807) is 0 Å². The Balaban J connectivity index is 1.25. The van der Waals surface area contributed by atoms with Gasteiger partial charge in [-0.1, -0.05) is 66.7 Å². The van der Waals surface area contributed by atoms with Crippen molar-refractivity contribution in [3.8, 4) is 0 Å². The highest BCUT2D eigenvalue weighted by atomic mass is 15.2. The fraction of sp³-hybridized carbons (Fsp3) is 0.205. The van der Waals surface area contributed by atoms with E-state index in [4.69, 9.17) is 34.9 Å². The number of benzene rings is 4. The summed E-state index contributed by atoms with van der Waals surface area (Å²) in [5.41, 5.74) is 3.01. The number of hydrogen-bond acceptors (Lipinski definition) is 9. The molecule has 0 aliphatic carbocycles. The summed E-state index contributed by atoms with van der Waals surface area (Å²) >= 11 is 0. The van der Waals surface area contributed by atoms with Gasteiger partial charge in [-0.15, -0.1) is 0 Å². The molecule has 48 heavy (non-hydrogen) atoms. The predicted molar refractivity (Wildman–Crippen MR) is 184 cm³/mol. The number of para-hydroxylation sites is 4. The summed E-state index contributed by atoms with van der Waals surface area (Å²) in [4.78, 5) is 36.2. The van der Waals surface area contributed by atoms with Gasteiger partial charge in [0.25, 0.3) is 0 Å². The molecule has 0 atom stereocenters. The van der Waals surface area contributed by atoms with Gasteiger partial charge in [-0.25, -0.2) is 25.0 Å². The van der Waals surface area contributed by atoms with E-state index in [-0.39, 0.29) is 0 Å². The third-order valence-electron chi connectivity index (χ3n) is 9.23. The van der Waals surface area contributed by atoms with Crippen molar-refractivity contribution in [3.05, 3.63) is 170 Å². The minimum absolute atomic E-state index is 0.696. The minimum Gasteiger partial charge on any atom is -0.370 e. The van der Waals surface area contributed by atoms with Gasteiger partial charge in [0.15, 0.2) is 0 Å². The van der Waals surface area contributed by atoms with Crippen molar-refractivity contribution in [1.29, 1.82) is 0 Å². The lowest BCUT2D eigenvalue weighted by atomic mass is 9.91. The lowest BCUT2D eigenvalue weighted by Gasteiger charge is -2.28. The number of fused-ring (bicyclic) bond motifs is 2. The molecule has 4 aliphatic rings. The molecule has 0 spiro atoms. The normalized spacial score (nSPS) is 18.2. The Kier molecular flexibility index (Phi) is 6.77. The maximum Gasteiger partial charge on any atom is 0.219 e. The van der Waals surface area contributed by atoms with Crippen LogP contribution < -0.4 is 32.1 Å². The molecule has 4 aromatic carbocycles. The highest BCUT2D eigenvalue weighted by molar-refractivity contribution is 5.99. The summed E-state index contributed by atoms with van der Waals surface area (Å²) in [6.45, 7) is 3.42. The molecule has 0 bridgehead atoms. The van der Waals surface area contributed by atoms with Gasteiger partial charge < -0.3 is 10.6 Å². The van der Waals surface area contributed by atoms with Crippen LogP contribution in [0.1, 0.15) is 46.5 Å². The van der Waals surface area contributed by atoms with E-state index in [2.05, 4.69) is 59.2 Å². The number of rotatable bonds is 6. The number of amidine groups is 2. The van der Waals surface area contributed by atoms with Gasteiger partial charge in [0.2, 0.25) is 11.3 Å². The summed E-state index contributed by atoms with van der Waals surface area (Å²) in [5.74, 6) is 1.79. The molecule has 5 heterocycles. The monoisotopic (exact) mass is 627 g/mol. The van der Waals surface area contributed by atoms with Gasteiger partial charge in [-0.05, 0) is 61.4 Å². The van der Waals surface area contributed by atoms with Crippen molar-refractivity contribution in [3.63, 3.8) is 0 Å². The van der Waals surface area contributed by atoms with Crippen molar-refractivity contribution in [2.24, 2.45) is 30.0 Å². The van der Waals surface area contributed by atoms with Crippen molar-refractivity contribution in [1.82, 2.24) is 15.6 Å². The molecule has 9 heteroatoms. The van der Waals surface area contributed by atoms with Crippen LogP contribution in [0, 0.1) is 0 Å². The van der Waals surface area contributed by atoms with Crippen LogP contribution in [-0.2, 0) is 11.3 Å². The van der Waals surface area contributed by atoms with Crippen molar-refractivity contribution in [2.45, 2.75) is 24.2 Å². The van der Waals surface area contributed by atoms with Crippen molar-refractivity contribution >= 4 is 11.7 Å². The lowest BCUT2D eigenvalue weighted by Crippen LogP contribution is -2.32. The quantitative estimate of drug-likeness (QED) is 0.302. The zero-order valence-corrected chi connectivity index (χ0v) is 26.3. The molecule has 9 rings (SSSR count). The third-order valence-corrected chi connectivity index (χ3v) is 9.23. The smallest absolute Gasteiger partial charge is 0.219 e. The Morgan fingerprint density at radius 3 is 1.27 bits per heavy atom. The van der Waals surface area contributed by atoms with Crippen LogP contribution in [-0.4, -0.2) is 42.8 Å². The first-order valence-corrected chi connectivity index (χ1v) is 16.6. The minimum atomic E-state index is -1.11. The molecule has 4 aliphatic heterocycles. The van der Waals surface area contributed by atoms with E-state index < -0.39 is 11.3 Å². The molecule has 0 amide bonds. The van der Waals surface area contributed by atoms with E-state index in [9.17, 15) is 0 Å². The van der Waals surface area contributed by atoms with Crippen LogP contribution in [0.4, 0.5) is 0 Å². The van der Waals surface area contributed by atoms with Gasteiger partial charge >= 0.3 is 0 Å². The molecule has 0 radical (unpaired) electrons. The number of nitrogens with zero attached hydrogens (tertiary/aromatic N) is 7. The van der Waals surface area contributed by atoms with E-state index in [1.165, 1.54) is 0 Å². The summed E-state index contributed by atoms with van der Waals surface area (Å²) in [5, 5.41) is 10.2. The van der Waals surface area contributed by atoms with E-state index in [0.717, 1.165) is 94.4 Å². The van der Waals surface area contributed by atoms with E-state index >= 15 is 0 Å². The molecule has 9 nitrogen and oxygen atoms in total. The number of pyridine rings is 1. The van der Waals surface area contributed by atoms with Crippen LogP contribution in [0.25, 0.3) is 0 Å². The number of nitrogens with one attached hydrogen (secondary N) is 2. The van der Waals surface area contributed by atoms with Gasteiger partial charge in [-0.3, -0.25) is 9.98 Å². The molecule has 0 unspecified atom stereocenters. The standard InChI is InChI=1S/C39H33N9/c1-2-15-31-30(14-1)45-38(46-31,28-12-5-10-26(24-28)36-40-20-8-21-41-36)34-18-7-19-35(44-34)39(47-32-16-3-4-17-33(32)48-39)29-13-6-11-27(25-29)37-42-22-9-23-43-37/h1-7,10-19,24-25H,8-9,20-23H2,(H,40,41)(H,42,43). The van der Waals surface area contributed by atoms with Crippen LogP contribution in [0.2, 0.25) is 0 Å².